The summed E-state index contributed by atoms with van der Waals surface area (Å²) >= 11 is 0. The summed E-state index contributed by atoms with van der Waals surface area (Å²) in [6, 6.07) is 8.84. The zero-order valence-electron chi connectivity index (χ0n) is 14.3. The highest BCUT2D eigenvalue weighted by molar-refractivity contribution is 5.97. The lowest BCUT2D eigenvalue weighted by molar-refractivity contribution is 0.462. The van der Waals surface area contributed by atoms with E-state index in [9.17, 15) is 0 Å². The van der Waals surface area contributed by atoms with E-state index in [1.165, 1.54) is 24.8 Å². The molecule has 1 saturated carbocycles. The van der Waals surface area contributed by atoms with Crippen molar-refractivity contribution in [3.05, 3.63) is 71.8 Å². The van der Waals surface area contributed by atoms with Crippen molar-refractivity contribution in [2.75, 3.05) is 0 Å². The van der Waals surface area contributed by atoms with Crippen LogP contribution in [-0.4, -0.2) is 16.8 Å². The number of nitrogens with two attached hydrogens (primary N) is 1. The van der Waals surface area contributed by atoms with E-state index >= 15 is 0 Å². The van der Waals surface area contributed by atoms with Gasteiger partial charge < -0.3 is 16.0 Å². The molecule has 0 unspecified atom stereocenters. The van der Waals surface area contributed by atoms with Gasteiger partial charge in [0.05, 0.1) is 6.04 Å². The van der Waals surface area contributed by atoms with Crippen LogP contribution in [0.5, 0.6) is 0 Å². The Balaban J connectivity index is 1.61. The van der Waals surface area contributed by atoms with Gasteiger partial charge in [-0.25, -0.2) is 0 Å². The molecule has 1 aromatic rings. The van der Waals surface area contributed by atoms with Crippen molar-refractivity contribution in [3.8, 4) is 0 Å². The van der Waals surface area contributed by atoms with Crippen molar-refractivity contribution in [2.45, 2.75) is 45.2 Å². The van der Waals surface area contributed by atoms with Gasteiger partial charge in [0.25, 0.3) is 0 Å². The lowest BCUT2D eigenvalue weighted by Gasteiger charge is -2.18. The number of allylic oxidation sites excluding steroid dienone is 3. The molecule has 0 amide bonds. The average molecular weight is 322 g/mol. The van der Waals surface area contributed by atoms with Crippen LogP contribution in [0.1, 0.15) is 43.7 Å². The molecule has 1 fully saturated rings. The van der Waals surface area contributed by atoms with Crippen LogP contribution in [0.15, 0.2) is 65.7 Å². The summed E-state index contributed by atoms with van der Waals surface area (Å²) in [5, 5.41) is 3.28. The van der Waals surface area contributed by atoms with Crippen LogP contribution in [-0.2, 0) is 6.54 Å². The van der Waals surface area contributed by atoms with Crippen LogP contribution >= 0.6 is 0 Å². The fraction of sp³-hybridized carbons (Fsp3) is 0.350. The Morgan fingerprint density at radius 2 is 2.12 bits per heavy atom. The Kier molecular flexibility index (Phi) is 5.36. The maximum atomic E-state index is 6.05. The zero-order chi connectivity index (χ0) is 16.8. The molecular weight excluding hydrogens is 296 g/mol. The van der Waals surface area contributed by atoms with Crippen molar-refractivity contribution in [1.82, 2.24) is 10.2 Å². The molecule has 0 bridgehead atoms. The van der Waals surface area contributed by atoms with E-state index < -0.39 is 0 Å². The maximum Gasteiger partial charge on any atom is 0.125 e. The summed E-state index contributed by atoms with van der Waals surface area (Å²) in [4.78, 5) is 6.70. The van der Waals surface area contributed by atoms with E-state index in [-0.39, 0.29) is 0 Å². The third-order valence-electron chi connectivity index (χ3n) is 4.11. The highest BCUT2D eigenvalue weighted by Crippen LogP contribution is 2.24. The minimum absolute atomic E-state index is 0.457. The summed E-state index contributed by atoms with van der Waals surface area (Å²) in [5.74, 6) is 1.76. The number of hydrogen-bond acceptors (Lipinski definition) is 3. The Bertz CT molecular complexity index is 663. The molecule has 3 rings (SSSR count). The predicted octanol–water partition coefficient (Wildman–Crippen LogP) is 3.63. The third-order valence-corrected chi connectivity index (χ3v) is 4.11. The molecule has 4 nitrogen and oxygen atoms in total. The number of benzene rings is 1. The van der Waals surface area contributed by atoms with Crippen molar-refractivity contribution in [1.29, 1.82) is 0 Å². The molecule has 0 saturated heterocycles. The molecule has 0 spiro atoms. The van der Waals surface area contributed by atoms with E-state index in [1.807, 2.05) is 6.20 Å². The molecule has 0 radical (unpaired) electrons. The third kappa shape index (κ3) is 4.51. The molecule has 0 atom stereocenters. The minimum atomic E-state index is 0.457. The molecule has 4 heteroatoms. The molecule has 1 aliphatic heterocycles. The molecule has 1 heterocycles. The lowest BCUT2D eigenvalue weighted by atomic mass is 10.1. The van der Waals surface area contributed by atoms with Gasteiger partial charge in [-0.1, -0.05) is 49.8 Å². The molecule has 1 aromatic carbocycles. The highest BCUT2D eigenvalue weighted by Gasteiger charge is 2.20. The molecule has 24 heavy (non-hydrogen) atoms. The summed E-state index contributed by atoms with van der Waals surface area (Å²) < 4.78 is 0. The quantitative estimate of drug-likeness (QED) is 0.595. The van der Waals surface area contributed by atoms with Crippen LogP contribution in [0.4, 0.5) is 0 Å². The zero-order valence-corrected chi connectivity index (χ0v) is 14.3. The molecule has 126 valence electrons. The van der Waals surface area contributed by atoms with Gasteiger partial charge in [0.2, 0.25) is 0 Å². The lowest BCUT2D eigenvalue weighted by Crippen LogP contribution is -2.18. The van der Waals surface area contributed by atoms with Crippen LogP contribution in [0.3, 0.4) is 0 Å². The maximum absolute atomic E-state index is 6.05. The van der Waals surface area contributed by atoms with Crippen LogP contribution < -0.4 is 11.1 Å². The Labute approximate surface area is 144 Å². The van der Waals surface area contributed by atoms with Gasteiger partial charge in [0, 0.05) is 24.5 Å². The SMILES string of the molecule is CCC/C=C\C=C1/NC=CN1Cc1ccc(C(N)=NC2CC2)cc1. The molecule has 1 aliphatic carbocycles. The number of nitrogens with zero attached hydrogens (tertiary/aromatic N) is 2. The number of hydrogen-bond donors (Lipinski definition) is 2. The first-order valence-electron chi connectivity index (χ1n) is 8.75. The van der Waals surface area contributed by atoms with E-state index in [4.69, 9.17) is 5.73 Å². The van der Waals surface area contributed by atoms with Crippen LogP contribution in [0.2, 0.25) is 0 Å². The molecular formula is C20H26N4. The fourth-order valence-corrected chi connectivity index (χ4v) is 2.53. The molecule has 0 aromatic heterocycles. The Hall–Kier alpha value is -2.49. The van der Waals surface area contributed by atoms with E-state index in [2.05, 4.69) is 70.8 Å². The van der Waals surface area contributed by atoms with Gasteiger partial charge in [-0.15, -0.1) is 0 Å². The standard InChI is InChI=1S/C20H26N4/c1-2-3-4-5-6-19-22-13-14-24(19)15-16-7-9-17(10-8-16)20(21)23-18-11-12-18/h4-10,13-14,18,22H,2-3,11-12,15H2,1H3,(H2,21,23)/b5-4-,19-6+. The number of rotatable bonds is 7. The van der Waals surface area contributed by atoms with Gasteiger partial charge in [-0.05, 0) is 30.9 Å². The predicted molar refractivity (Wildman–Crippen MR) is 100 cm³/mol. The largest absolute Gasteiger partial charge is 0.383 e. The number of amidine groups is 1. The second-order valence-corrected chi connectivity index (χ2v) is 6.30. The van der Waals surface area contributed by atoms with Crippen LogP contribution in [0, 0.1) is 0 Å². The first-order valence-corrected chi connectivity index (χ1v) is 8.75. The van der Waals surface area contributed by atoms with Crippen molar-refractivity contribution < 1.29 is 0 Å². The van der Waals surface area contributed by atoms with Gasteiger partial charge >= 0.3 is 0 Å². The van der Waals surface area contributed by atoms with Gasteiger partial charge in [0.15, 0.2) is 0 Å². The number of unbranched alkanes of at least 4 members (excludes halogenated alkanes) is 1. The molecule has 3 N–H and O–H groups in total. The van der Waals surface area contributed by atoms with Gasteiger partial charge in [0.1, 0.15) is 11.7 Å². The first kappa shape index (κ1) is 16.4. The van der Waals surface area contributed by atoms with Gasteiger partial charge in [-0.3, -0.25) is 4.99 Å². The van der Waals surface area contributed by atoms with E-state index in [0.717, 1.165) is 24.4 Å². The van der Waals surface area contributed by atoms with Crippen molar-refractivity contribution in [2.24, 2.45) is 10.7 Å². The smallest absolute Gasteiger partial charge is 0.125 e. The summed E-state index contributed by atoms with van der Waals surface area (Å²) in [7, 11) is 0. The van der Waals surface area contributed by atoms with Crippen molar-refractivity contribution >= 4 is 5.84 Å². The average Bonchev–Trinajstić information content (AvgIpc) is 3.30. The van der Waals surface area contributed by atoms with Crippen molar-refractivity contribution in [3.63, 3.8) is 0 Å². The topological polar surface area (TPSA) is 53.6 Å². The first-order chi connectivity index (χ1) is 11.8. The molecule has 2 aliphatic rings. The van der Waals surface area contributed by atoms with E-state index in [0.29, 0.717) is 11.9 Å². The summed E-state index contributed by atoms with van der Waals surface area (Å²) in [6.45, 7) is 3.02. The summed E-state index contributed by atoms with van der Waals surface area (Å²) in [5.41, 5.74) is 8.31. The van der Waals surface area contributed by atoms with E-state index in [1.54, 1.807) is 0 Å². The Morgan fingerprint density at radius 3 is 2.83 bits per heavy atom. The van der Waals surface area contributed by atoms with Gasteiger partial charge in [-0.2, -0.15) is 0 Å². The Morgan fingerprint density at radius 1 is 1.33 bits per heavy atom. The summed E-state index contributed by atoms with van der Waals surface area (Å²) in [6.07, 6.45) is 15.1. The second-order valence-electron chi connectivity index (χ2n) is 6.30. The normalized spacial score (nSPS) is 19.5. The fourth-order valence-electron chi connectivity index (χ4n) is 2.53. The van der Waals surface area contributed by atoms with Crippen LogP contribution in [0.25, 0.3) is 0 Å². The second kappa shape index (κ2) is 7.86. The monoisotopic (exact) mass is 322 g/mol. The number of nitrogens with one attached hydrogen (secondary N) is 1. The number of aliphatic imine (C=N–C) groups is 1. The minimum Gasteiger partial charge on any atom is -0.383 e. The highest BCUT2D eigenvalue weighted by atomic mass is 15.3.